The van der Waals surface area contributed by atoms with Crippen LogP contribution in [0.2, 0.25) is 0 Å². The summed E-state index contributed by atoms with van der Waals surface area (Å²) in [5, 5.41) is 0.832. The predicted octanol–water partition coefficient (Wildman–Crippen LogP) is 3.93. The van der Waals surface area contributed by atoms with Crippen LogP contribution in [0.25, 0.3) is 10.9 Å². The molecule has 0 unspecified atom stereocenters. The van der Waals surface area contributed by atoms with Gasteiger partial charge in [-0.2, -0.15) is 0 Å². The smallest absolute Gasteiger partial charge is 0.339 e. The molecule has 0 aliphatic carbocycles. The summed E-state index contributed by atoms with van der Waals surface area (Å²) in [4.78, 5) is 28.3. The van der Waals surface area contributed by atoms with Crippen LogP contribution >= 0.6 is 11.8 Å². The number of para-hydroxylation sites is 1. The normalized spacial score (nSPS) is 10.7. The summed E-state index contributed by atoms with van der Waals surface area (Å²) in [6.07, 6.45) is 3.54. The van der Waals surface area contributed by atoms with Crippen LogP contribution in [0.15, 0.2) is 59.6 Å². The summed E-state index contributed by atoms with van der Waals surface area (Å²) in [5.41, 5.74) is 1.90. The first-order valence-corrected chi connectivity index (χ1v) is 8.32. The van der Waals surface area contributed by atoms with Crippen molar-refractivity contribution in [2.75, 3.05) is 12.9 Å². The molecule has 0 saturated heterocycles. The summed E-state index contributed by atoms with van der Waals surface area (Å²) < 4.78 is 5.19. The van der Waals surface area contributed by atoms with Crippen molar-refractivity contribution in [3.05, 3.63) is 65.9 Å². The van der Waals surface area contributed by atoms with Gasteiger partial charge in [-0.25, -0.2) is 4.79 Å². The second-order valence-electron chi connectivity index (χ2n) is 4.95. The van der Waals surface area contributed by atoms with Gasteiger partial charge in [-0.05, 0) is 24.5 Å². The highest BCUT2D eigenvalue weighted by Crippen LogP contribution is 2.21. The van der Waals surface area contributed by atoms with E-state index in [0.717, 1.165) is 15.8 Å². The van der Waals surface area contributed by atoms with Crippen molar-refractivity contribution < 1.29 is 14.3 Å². The van der Waals surface area contributed by atoms with Crippen molar-refractivity contribution >= 4 is 34.4 Å². The highest BCUT2D eigenvalue weighted by molar-refractivity contribution is 7.98. The lowest BCUT2D eigenvalue weighted by atomic mass is 10.1. The number of aromatic nitrogens is 1. The van der Waals surface area contributed by atoms with Gasteiger partial charge in [0.15, 0.2) is 6.61 Å². The molecule has 1 aromatic heterocycles. The topological polar surface area (TPSA) is 59.2 Å². The molecule has 116 valence electrons. The fourth-order valence-electron chi connectivity index (χ4n) is 2.40. The Morgan fingerprint density at radius 3 is 2.61 bits per heavy atom. The molecule has 0 amide bonds. The number of carbonyl (C=O) groups is 2. The van der Waals surface area contributed by atoms with Crippen molar-refractivity contribution in [3.63, 3.8) is 0 Å². The number of carbonyl (C=O) groups excluding carboxylic acids is 2. The van der Waals surface area contributed by atoms with Crippen LogP contribution in [0, 0.1) is 0 Å². The van der Waals surface area contributed by atoms with Gasteiger partial charge in [-0.1, -0.05) is 30.3 Å². The second-order valence-corrected chi connectivity index (χ2v) is 5.80. The van der Waals surface area contributed by atoms with Gasteiger partial charge in [-0.15, -0.1) is 11.8 Å². The molecule has 23 heavy (non-hydrogen) atoms. The number of Topliss-reactive ketones (excluding diaryl/α,β-unsaturated/α-hetero) is 1. The van der Waals surface area contributed by atoms with Gasteiger partial charge in [0.2, 0.25) is 5.78 Å². The molecule has 3 aromatic rings. The number of hydrogen-bond acceptors (Lipinski definition) is 4. The van der Waals surface area contributed by atoms with E-state index in [1.807, 2.05) is 42.7 Å². The van der Waals surface area contributed by atoms with Gasteiger partial charge >= 0.3 is 5.97 Å². The minimum absolute atomic E-state index is 0.225. The molecule has 3 rings (SSSR count). The third-order valence-electron chi connectivity index (χ3n) is 3.55. The molecule has 0 saturated carbocycles. The third kappa shape index (κ3) is 3.14. The van der Waals surface area contributed by atoms with Gasteiger partial charge in [0.25, 0.3) is 0 Å². The number of esters is 1. The first kappa shape index (κ1) is 15.4. The number of benzene rings is 2. The van der Waals surface area contributed by atoms with Gasteiger partial charge < -0.3 is 9.72 Å². The lowest BCUT2D eigenvalue weighted by Crippen LogP contribution is -2.14. The highest BCUT2D eigenvalue weighted by atomic mass is 32.2. The molecular formula is C18H15NO3S. The molecule has 1 heterocycles. The number of rotatable bonds is 5. The number of aromatic amines is 1. The van der Waals surface area contributed by atoms with Crippen molar-refractivity contribution in [3.8, 4) is 0 Å². The molecule has 0 aliphatic rings. The quantitative estimate of drug-likeness (QED) is 0.439. The maximum Gasteiger partial charge on any atom is 0.339 e. The van der Waals surface area contributed by atoms with Crippen molar-refractivity contribution in [1.29, 1.82) is 0 Å². The fraction of sp³-hybridized carbons (Fsp3) is 0.111. The second kappa shape index (κ2) is 6.71. The third-order valence-corrected chi connectivity index (χ3v) is 4.35. The van der Waals surface area contributed by atoms with Crippen LogP contribution in [-0.2, 0) is 4.74 Å². The Bertz CT molecular complexity index is 869. The van der Waals surface area contributed by atoms with E-state index < -0.39 is 5.97 Å². The van der Waals surface area contributed by atoms with E-state index in [-0.39, 0.29) is 12.4 Å². The largest absolute Gasteiger partial charge is 0.454 e. The maximum atomic E-state index is 12.3. The van der Waals surface area contributed by atoms with E-state index in [4.69, 9.17) is 4.74 Å². The molecule has 0 aliphatic heterocycles. The number of thioether (sulfide) groups is 1. The highest BCUT2D eigenvalue weighted by Gasteiger charge is 2.16. The van der Waals surface area contributed by atoms with Crippen LogP contribution in [-0.4, -0.2) is 29.6 Å². The fourth-order valence-corrected chi connectivity index (χ4v) is 2.99. The molecular weight excluding hydrogens is 310 g/mol. The Balaban J connectivity index is 1.73. The van der Waals surface area contributed by atoms with Crippen LogP contribution in [0.4, 0.5) is 0 Å². The SMILES string of the molecule is CSc1ccccc1C(=O)OCC(=O)c1c[nH]c2ccccc12. The number of H-pyrrole nitrogens is 1. The Morgan fingerprint density at radius 2 is 1.78 bits per heavy atom. The Kier molecular flexibility index (Phi) is 4.48. The molecule has 2 aromatic carbocycles. The van der Waals surface area contributed by atoms with Crippen LogP contribution < -0.4 is 0 Å². The lowest BCUT2D eigenvalue weighted by molar-refractivity contribution is 0.0471. The molecule has 0 radical (unpaired) electrons. The first-order chi connectivity index (χ1) is 11.2. The molecule has 0 fully saturated rings. The van der Waals surface area contributed by atoms with Crippen molar-refractivity contribution in [2.45, 2.75) is 4.90 Å². The Labute approximate surface area is 137 Å². The van der Waals surface area contributed by atoms with Gasteiger partial charge in [0.05, 0.1) is 5.56 Å². The molecule has 4 nitrogen and oxygen atoms in total. The Hall–Kier alpha value is -2.53. The summed E-state index contributed by atoms with van der Waals surface area (Å²) in [6, 6.07) is 14.7. The molecule has 0 spiro atoms. The Morgan fingerprint density at radius 1 is 1.04 bits per heavy atom. The summed E-state index contributed by atoms with van der Waals surface area (Å²) in [6.45, 7) is -0.274. The summed E-state index contributed by atoms with van der Waals surface area (Å²) in [7, 11) is 0. The van der Waals surface area contributed by atoms with Crippen molar-refractivity contribution in [1.82, 2.24) is 4.98 Å². The standard InChI is InChI=1S/C18H15NO3S/c1-23-17-9-5-3-7-13(17)18(21)22-11-16(20)14-10-19-15-8-4-2-6-12(14)15/h2-10,19H,11H2,1H3. The van der Waals surface area contributed by atoms with Crippen LogP contribution in [0.3, 0.4) is 0 Å². The van der Waals surface area contributed by atoms with E-state index in [2.05, 4.69) is 4.98 Å². The van der Waals surface area contributed by atoms with E-state index in [1.165, 1.54) is 11.8 Å². The number of hydrogen-bond donors (Lipinski definition) is 1. The maximum absolute atomic E-state index is 12.3. The minimum atomic E-state index is -0.483. The summed E-state index contributed by atoms with van der Waals surface area (Å²) in [5.74, 6) is -0.708. The van der Waals surface area contributed by atoms with Gasteiger partial charge in [0.1, 0.15) is 0 Å². The number of ether oxygens (including phenoxy) is 1. The molecule has 0 bridgehead atoms. The monoisotopic (exact) mass is 325 g/mol. The molecule has 0 atom stereocenters. The molecule has 5 heteroatoms. The van der Waals surface area contributed by atoms with Gasteiger partial charge in [0, 0.05) is 27.6 Å². The molecule has 1 N–H and O–H groups in total. The average Bonchev–Trinajstić information content (AvgIpc) is 3.03. The van der Waals surface area contributed by atoms with E-state index in [1.54, 1.807) is 18.3 Å². The van der Waals surface area contributed by atoms with E-state index in [0.29, 0.717) is 11.1 Å². The minimum Gasteiger partial charge on any atom is -0.454 e. The zero-order valence-electron chi connectivity index (χ0n) is 12.5. The average molecular weight is 325 g/mol. The first-order valence-electron chi connectivity index (χ1n) is 7.10. The number of nitrogens with one attached hydrogen (secondary N) is 1. The zero-order chi connectivity index (χ0) is 16.2. The van der Waals surface area contributed by atoms with Crippen LogP contribution in [0.1, 0.15) is 20.7 Å². The lowest BCUT2D eigenvalue weighted by Gasteiger charge is -2.07. The van der Waals surface area contributed by atoms with Gasteiger partial charge in [-0.3, -0.25) is 4.79 Å². The van der Waals surface area contributed by atoms with Crippen molar-refractivity contribution in [2.24, 2.45) is 0 Å². The van der Waals surface area contributed by atoms with E-state index in [9.17, 15) is 9.59 Å². The predicted molar refractivity (Wildman–Crippen MR) is 91.1 cm³/mol. The number of fused-ring (bicyclic) bond motifs is 1. The van der Waals surface area contributed by atoms with E-state index >= 15 is 0 Å². The number of ketones is 1. The zero-order valence-corrected chi connectivity index (χ0v) is 13.4. The summed E-state index contributed by atoms with van der Waals surface area (Å²) >= 11 is 1.47. The van der Waals surface area contributed by atoms with Crippen LogP contribution in [0.5, 0.6) is 0 Å².